The number of carbonyl (C=O) groups excluding carboxylic acids is 2. The van der Waals surface area contributed by atoms with Crippen molar-refractivity contribution in [2.75, 3.05) is 30.9 Å². The van der Waals surface area contributed by atoms with Gasteiger partial charge in [-0.15, -0.1) is 0 Å². The number of hydrogen-bond donors (Lipinski definition) is 2. The number of methoxy groups -OCH3 is 1. The Balaban J connectivity index is 2.15. The van der Waals surface area contributed by atoms with Gasteiger partial charge in [0.2, 0.25) is 0 Å². The Hall–Kier alpha value is -3.46. The van der Waals surface area contributed by atoms with E-state index in [0.29, 0.717) is 24.5 Å². The topological polar surface area (TPSA) is 120 Å². The van der Waals surface area contributed by atoms with Gasteiger partial charge in [0.25, 0.3) is 11.6 Å². The molecule has 0 heterocycles. The molecule has 0 aromatic heterocycles. The number of nitrogens with one attached hydrogen (secondary N) is 2. The minimum absolute atomic E-state index is 0.0357. The monoisotopic (exact) mass is 415 g/mol. The van der Waals surface area contributed by atoms with Crippen molar-refractivity contribution in [3.8, 4) is 0 Å². The number of anilines is 2. The van der Waals surface area contributed by atoms with Crippen molar-refractivity contribution in [2.45, 2.75) is 26.9 Å². The van der Waals surface area contributed by atoms with Gasteiger partial charge >= 0.3 is 5.97 Å². The van der Waals surface area contributed by atoms with Crippen molar-refractivity contribution in [3.05, 3.63) is 63.2 Å². The van der Waals surface area contributed by atoms with E-state index in [2.05, 4.69) is 10.6 Å². The van der Waals surface area contributed by atoms with E-state index in [1.54, 1.807) is 6.07 Å². The van der Waals surface area contributed by atoms with Crippen LogP contribution in [0.3, 0.4) is 0 Å². The van der Waals surface area contributed by atoms with E-state index in [9.17, 15) is 19.7 Å². The van der Waals surface area contributed by atoms with Crippen LogP contribution in [0.25, 0.3) is 0 Å². The first-order chi connectivity index (χ1) is 14.2. The number of non-ortho nitro benzene ring substituents is 1. The molecule has 0 unspecified atom stereocenters. The van der Waals surface area contributed by atoms with Gasteiger partial charge in [-0.1, -0.05) is 17.7 Å². The lowest BCUT2D eigenvalue weighted by Crippen LogP contribution is -2.30. The average molecular weight is 415 g/mol. The number of ether oxygens (including phenoxy) is 2. The molecule has 1 atom stereocenters. The van der Waals surface area contributed by atoms with Crippen molar-refractivity contribution < 1.29 is 24.0 Å². The second-order valence-corrected chi connectivity index (χ2v) is 6.76. The number of nitrogens with zero attached hydrogens (tertiary/aromatic N) is 1. The lowest BCUT2D eigenvalue weighted by molar-refractivity contribution is -0.384. The fourth-order valence-corrected chi connectivity index (χ4v) is 2.72. The van der Waals surface area contributed by atoms with Crippen molar-refractivity contribution in [3.63, 3.8) is 0 Å². The standard InChI is InChI=1S/C21H25N3O6/c1-13-5-7-18(14(2)11-13)23-20(25)15(3)30-21(26)17-12-16(24(27)28)6-8-19(17)22-9-10-29-4/h5-8,11-12,15,22H,9-10H2,1-4H3,(H,23,25)/t15-/m1/s1. The summed E-state index contributed by atoms with van der Waals surface area (Å²) in [6, 6.07) is 9.38. The van der Waals surface area contributed by atoms with Crippen LogP contribution in [0.1, 0.15) is 28.4 Å². The Labute approximate surface area is 174 Å². The predicted molar refractivity (Wildman–Crippen MR) is 113 cm³/mol. The number of nitro benzene ring substituents is 1. The molecule has 9 nitrogen and oxygen atoms in total. The number of aryl methyl sites for hydroxylation is 2. The molecule has 1 amide bonds. The number of esters is 1. The predicted octanol–water partition coefficient (Wildman–Crippen LogP) is 3.45. The molecule has 2 N–H and O–H groups in total. The molecule has 0 spiro atoms. The molecule has 0 aliphatic carbocycles. The van der Waals surface area contributed by atoms with Crippen LogP contribution >= 0.6 is 0 Å². The van der Waals surface area contributed by atoms with Crippen LogP contribution < -0.4 is 10.6 Å². The minimum Gasteiger partial charge on any atom is -0.449 e. The quantitative estimate of drug-likeness (QED) is 0.278. The Morgan fingerprint density at radius 1 is 1.13 bits per heavy atom. The molecule has 0 aliphatic heterocycles. The molecule has 2 rings (SSSR count). The highest BCUT2D eigenvalue weighted by molar-refractivity contribution is 6.00. The summed E-state index contributed by atoms with van der Waals surface area (Å²) in [5.74, 6) is -1.35. The Kier molecular flexibility index (Phi) is 7.88. The maximum Gasteiger partial charge on any atom is 0.341 e. The van der Waals surface area contributed by atoms with Crippen molar-refractivity contribution in [1.29, 1.82) is 0 Å². The van der Waals surface area contributed by atoms with Gasteiger partial charge in [0.15, 0.2) is 6.10 Å². The van der Waals surface area contributed by atoms with Gasteiger partial charge in [-0.25, -0.2) is 4.79 Å². The molecule has 0 aliphatic rings. The van der Waals surface area contributed by atoms with Gasteiger partial charge in [-0.2, -0.15) is 0 Å². The van der Waals surface area contributed by atoms with Crippen LogP contribution in [0.5, 0.6) is 0 Å². The molecule has 0 radical (unpaired) electrons. The van der Waals surface area contributed by atoms with Gasteiger partial charge in [0, 0.05) is 37.2 Å². The van der Waals surface area contributed by atoms with E-state index in [0.717, 1.165) is 17.2 Å². The second kappa shape index (κ2) is 10.4. The molecule has 2 aromatic carbocycles. The third kappa shape index (κ3) is 6.02. The first-order valence-electron chi connectivity index (χ1n) is 9.33. The summed E-state index contributed by atoms with van der Waals surface area (Å²) < 4.78 is 10.2. The molecular weight excluding hydrogens is 390 g/mol. The lowest BCUT2D eigenvalue weighted by atomic mass is 10.1. The van der Waals surface area contributed by atoms with Gasteiger partial charge in [0.1, 0.15) is 0 Å². The summed E-state index contributed by atoms with van der Waals surface area (Å²) >= 11 is 0. The van der Waals surface area contributed by atoms with Gasteiger partial charge in [-0.05, 0) is 38.5 Å². The molecule has 2 aromatic rings. The molecular formula is C21H25N3O6. The number of hydrogen-bond acceptors (Lipinski definition) is 7. The number of nitro groups is 1. The fraction of sp³-hybridized carbons (Fsp3) is 0.333. The molecule has 30 heavy (non-hydrogen) atoms. The summed E-state index contributed by atoms with van der Waals surface area (Å²) in [5, 5.41) is 16.8. The highest BCUT2D eigenvalue weighted by Crippen LogP contribution is 2.24. The molecule has 0 saturated heterocycles. The fourth-order valence-electron chi connectivity index (χ4n) is 2.72. The largest absolute Gasteiger partial charge is 0.449 e. The van der Waals surface area contributed by atoms with Crippen LogP contribution in [-0.4, -0.2) is 43.2 Å². The zero-order chi connectivity index (χ0) is 22.3. The smallest absolute Gasteiger partial charge is 0.341 e. The maximum absolute atomic E-state index is 12.7. The van der Waals surface area contributed by atoms with E-state index in [1.165, 1.54) is 26.2 Å². The minimum atomic E-state index is -1.11. The zero-order valence-electron chi connectivity index (χ0n) is 17.4. The van der Waals surface area contributed by atoms with Crippen LogP contribution in [0.15, 0.2) is 36.4 Å². The van der Waals surface area contributed by atoms with Crippen molar-refractivity contribution >= 4 is 28.9 Å². The second-order valence-electron chi connectivity index (χ2n) is 6.76. The molecule has 160 valence electrons. The first kappa shape index (κ1) is 22.8. The van der Waals surface area contributed by atoms with Crippen LogP contribution in [0, 0.1) is 24.0 Å². The van der Waals surface area contributed by atoms with E-state index in [-0.39, 0.29) is 11.3 Å². The summed E-state index contributed by atoms with van der Waals surface area (Å²) in [6.45, 7) is 6.00. The third-order valence-electron chi connectivity index (χ3n) is 4.35. The SMILES string of the molecule is COCCNc1ccc([N+](=O)[O-])cc1C(=O)O[C@H](C)C(=O)Nc1ccc(C)cc1C. The van der Waals surface area contributed by atoms with Gasteiger partial charge < -0.3 is 20.1 Å². The Morgan fingerprint density at radius 2 is 1.83 bits per heavy atom. The van der Waals surface area contributed by atoms with Gasteiger partial charge in [0.05, 0.1) is 17.1 Å². The van der Waals surface area contributed by atoms with E-state index in [1.807, 2.05) is 26.0 Å². The number of carbonyl (C=O) groups is 2. The van der Waals surface area contributed by atoms with Crippen molar-refractivity contribution in [1.82, 2.24) is 0 Å². The van der Waals surface area contributed by atoms with Crippen molar-refractivity contribution in [2.24, 2.45) is 0 Å². The summed E-state index contributed by atoms with van der Waals surface area (Å²) in [5.41, 5.74) is 2.61. The first-order valence-corrected chi connectivity index (χ1v) is 9.33. The molecule has 9 heteroatoms. The molecule has 0 bridgehead atoms. The zero-order valence-corrected chi connectivity index (χ0v) is 17.4. The number of benzene rings is 2. The van der Waals surface area contributed by atoms with Crippen LogP contribution in [0.4, 0.5) is 17.1 Å². The number of rotatable bonds is 9. The lowest BCUT2D eigenvalue weighted by Gasteiger charge is -2.16. The van der Waals surface area contributed by atoms with E-state index < -0.39 is 22.9 Å². The maximum atomic E-state index is 12.7. The highest BCUT2D eigenvalue weighted by atomic mass is 16.6. The highest BCUT2D eigenvalue weighted by Gasteiger charge is 2.23. The third-order valence-corrected chi connectivity index (χ3v) is 4.35. The number of amides is 1. The van der Waals surface area contributed by atoms with Crippen LogP contribution in [0.2, 0.25) is 0 Å². The summed E-state index contributed by atoms with van der Waals surface area (Å²) in [7, 11) is 1.53. The van der Waals surface area contributed by atoms with Crippen LogP contribution in [-0.2, 0) is 14.3 Å². The summed E-state index contributed by atoms with van der Waals surface area (Å²) in [6.07, 6.45) is -1.11. The molecule has 0 fully saturated rings. The summed E-state index contributed by atoms with van der Waals surface area (Å²) in [4.78, 5) is 35.6. The molecule has 0 saturated carbocycles. The van der Waals surface area contributed by atoms with Gasteiger partial charge in [-0.3, -0.25) is 14.9 Å². The van der Waals surface area contributed by atoms with E-state index in [4.69, 9.17) is 9.47 Å². The Bertz CT molecular complexity index is 944. The Morgan fingerprint density at radius 3 is 2.47 bits per heavy atom. The average Bonchev–Trinajstić information content (AvgIpc) is 2.70. The van der Waals surface area contributed by atoms with E-state index >= 15 is 0 Å². The normalized spacial score (nSPS) is 11.5.